The Morgan fingerprint density at radius 1 is 1.18 bits per heavy atom. The summed E-state index contributed by atoms with van der Waals surface area (Å²) in [7, 11) is 0. The van der Waals surface area contributed by atoms with Crippen molar-refractivity contribution in [1.29, 1.82) is 0 Å². The van der Waals surface area contributed by atoms with Gasteiger partial charge in [-0.15, -0.1) is 0 Å². The molecule has 1 aromatic rings. The molecule has 1 saturated heterocycles. The molecule has 0 aromatic carbocycles. The van der Waals surface area contributed by atoms with Gasteiger partial charge in [0.05, 0.1) is 0 Å². The lowest BCUT2D eigenvalue weighted by atomic mass is 9.85. The molecule has 1 aliphatic heterocycles. The van der Waals surface area contributed by atoms with Crippen molar-refractivity contribution in [3.8, 4) is 0 Å². The summed E-state index contributed by atoms with van der Waals surface area (Å²) in [4.78, 5) is 21.1. The van der Waals surface area contributed by atoms with Crippen LogP contribution in [0.3, 0.4) is 0 Å². The Morgan fingerprint density at radius 3 is 2.59 bits per heavy atom. The molecular weight excluding hydrogens is 276 g/mol. The second-order valence-electron chi connectivity index (χ2n) is 6.58. The first-order chi connectivity index (χ1) is 10.7. The molecule has 1 aliphatic carbocycles. The van der Waals surface area contributed by atoms with Crippen molar-refractivity contribution < 1.29 is 4.79 Å². The van der Waals surface area contributed by atoms with Gasteiger partial charge in [-0.2, -0.15) is 0 Å². The maximum absolute atomic E-state index is 12.6. The Balaban J connectivity index is 1.48. The predicted molar refractivity (Wildman–Crippen MR) is 86.0 cm³/mol. The average Bonchev–Trinajstić information content (AvgIpc) is 2.56. The molecule has 1 amide bonds. The van der Waals surface area contributed by atoms with Crippen molar-refractivity contribution in [1.82, 2.24) is 14.8 Å². The van der Waals surface area contributed by atoms with Gasteiger partial charge in [0.15, 0.2) is 0 Å². The van der Waals surface area contributed by atoms with Crippen LogP contribution in [-0.2, 0) is 11.3 Å². The molecule has 0 spiro atoms. The van der Waals surface area contributed by atoms with E-state index in [2.05, 4.69) is 22.0 Å². The fraction of sp³-hybridized carbons (Fsp3) is 0.647. The number of hydrogen-bond donors (Lipinski definition) is 1. The minimum absolute atomic E-state index is 0.162. The van der Waals surface area contributed by atoms with E-state index in [0.29, 0.717) is 5.91 Å². The summed E-state index contributed by atoms with van der Waals surface area (Å²) in [6.07, 6.45) is 7.73. The van der Waals surface area contributed by atoms with Gasteiger partial charge in [-0.1, -0.05) is 6.42 Å². The van der Waals surface area contributed by atoms with Crippen molar-refractivity contribution in [3.05, 3.63) is 30.1 Å². The monoisotopic (exact) mass is 302 g/mol. The molecule has 22 heavy (non-hydrogen) atoms. The van der Waals surface area contributed by atoms with Gasteiger partial charge in [0, 0.05) is 57.1 Å². The lowest BCUT2D eigenvalue weighted by Gasteiger charge is -2.37. The average molecular weight is 302 g/mol. The van der Waals surface area contributed by atoms with Crippen LogP contribution in [0.4, 0.5) is 0 Å². The SMILES string of the molecule is NC1CCCC(C(=O)N2CCN(Cc3ccncc3)CC2)C1. The summed E-state index contributed by atoms with van der Waals surface area (Å²) >= 11 is 0. The Morgan fingerprint density at radius 2 is 1.91 bits per heavy atom. The number of hydrogen-bond acceptors (Lipinski definition) is 4. The minimum Gasteiger partial charge on any atom is -0.340 e. The zero-order valence-corrected chi connectivity index (χ0v) is 13.2. The van der Waals surface area contributed by atoms with Crippen LogP contribution in [0.5, 0.6) is 0 Å². The number of nitrogens with zero attached hydrogens (tertiary/aromatic N) is 3. The third-order valence-electron chi connectivity index (χ3n) is 4.90. The smallest absolute Gasteiger partial charge is 0.225 e. The number of nitrogens with two attached hydrogens (primary N) is 1. The number of amides is 1. The van der Waals surface area contributed by atoms with Gasteiger partial charge in [-0.05, 0) is 37.0 Å². The first-order valence-electron chi connectivity index (χ1n) is 8.38. The quantitative estimate of drug-likeness (QED) is 0.912. The van der Waals surface area contributed by atoms with Gasteiger partial charge in [0.25, 0.3) is 0 Å². The number of piperazine rings is 1. The maximum Gasteiger partial charge on any atom is 0.225 e. The van der Waals surface area contributed by atoms with Crippen molar-refractivity contribution in [2.45, 2.75) is 38.3 Å². The van der Waals surface area contributed by atoms with E-state index in [1.165, 1.54) is 5.56 Å². The van der Waals surface area contributed by atoms with Crippen LogP contribution in [0.1, 0.15) is 31.2 Å². The molecule has 0 radical (unpaired) electrons. The molecule has 2 N–H and O–H groups in total. The largest absolute Gasteiger partial charge is 0.340 e. The Kier molecular flexibility index (Phi) is 5.05. The number of carbonyl (C=O) groups is 1. The fourth-order valence-corrected chi connectivity index (χ4v) is 3.58. The molecule has 2 fully saturated rings. The number of carbonyl (C=O) groups excluding carboxylic acids is 1. The first kappa shape index (κ1) is 15.4. The lowest BCUT2D eigenvalue weighted by Crippen LogP contribution is -2.50. The van der Waals surface area contributed by atoms with Crippen LogP contribution in [-0.4, -0.2) is 52.9 Å². The van der Waals surface area contributed by atoms with Gasteiger partial charge < -0.3 is 10.6 Å². The summed E-state index contributed by atoms with van der Waals surface area (Å²) in [5.74, 6) is 0.495. The van der Waals surface area contributed by atoms with Gasteiger partial charge in [-0.25, -0.2) is 0 Å². The van der Waals surface area contributed by atoms with Crippen LogP contribution in [0.25, 0.3) is 0 Å². The fourth-order valence-electron chi connectivity index (χ4n) is 3.58. The zero-order valence-electron chi connectivity index (χ0n) is 13.2. The van der Waals surface area contributed by atoms with E-state index in [1.807, 2.05) is 17.3 Å². The second-order valence-corrected chi connectivity index (χ2v) is 6.58. The summed E-state index contributed by atoms with van der Waals surface area (Å²) < 4.78 is 0. The molecule has 5 nitrogen and oxygen atoms in total. The number of rotatable bonds is 3. The molecule has 2 aliphatic rings. The van der Waals surface area contributed by atoms with Crippen molar-refractivity contribution in [2.24, 2.45) is 11.7 Å². The van der Waals surface area contributed by atoms with Crippen LogP contribution in [0.2, 0.25) is 0 Å². The van der Waals surface area contributed by atoms with Gasteiger partial charge in [0.2, 0.25) is 5.91 Å². The maximum atomic E-state index is 12.6. The van der Waals surface area contributed by atoms with E-state index >= 15 is 0 Å². The minimum atomic E-state index is 0.162. The number of aromatic nitrogens is 1. The molecular formula is C17H26N4O. The van der Waals surface area contributed by atoms with Gasteiger partial charge in [-0.3, -0.25) is 14.7 Å². The van der Waals surface area contributed by atoms with E-state index in [4.69, 9.17) is 5.73 Å². The highest BCUT2D eigenvalue weighted by molar-refractivity contribution is 5.79. The van der Waals surface area contributed by atoms with Crippen LogP contribution >= 0.6 is 0 Å². The highest BCUT2D eigenvalue weighted by Crippen LogP contribution is 2.25. The number of pyridine rings is 1. The van der Waals surface area contributed by atoms with Gasteiger partial charge in [0.1, 0.15) is 0 Å². The Labute approximate surface area is 132 Å². The van der Waals surface area contributed by atoms with Crippen LogP contribution in [0.15, 0.2) is 24.5 Å². The molecule has 3 rings (SSSR count). The van der Waals surface area contributed by atoms with Crippen molar-refractivity contribution in [2.75, 3.05) is 26.2 Å². The summed E-state index contributed by atoms with van der Waals surface area (Å²) in [5, 5.41) is 0. The normalized spacial score (nSPS) is 26.9. The third-order valence-corrected chi connectivity index (χ3v) is 4.90. The second kappa shape index (κ2) is 7.20. The Hall–Kier alpha value is -1.46. The zero-order chi connectivity index (χ0) is 15.4. The summed E-state index contributed by atoms with van der Waals surface area (Å²) in [5.41, 5.74) is 7.30. The third kappa shape index (κ3) is 3.84. The van der Waals surface area contributed by atoms with Crippen LogP contribution in [0, 0.1) is 5.92 Å². The molecule has 5 heteroatoms. The summed E-state index contributed by atoms with van der Waals surface area (Å²) in [6.45, 7) is 4.53. The highest BCUT2D eigenvalue weighted by atomic mass is 16.2. The van der Waals surface area contributed by atoms with Gasteiger partial charge >= 0.3 is 0 Å². The van der Waals surface area contributed by atoms with Crippen LogP contribution < -0.4 is 5.73 Å². The topological polar surface area (TPSA) is 62.5 Å². The van der Waals surface area contributed by atoms with Crippen molar-refractivity contribution >= 4 is 5.91 Å². The molecule has 120 valence electrons. The molecule has 2 unspecified atom stereocenters. The Bertz CT molecular complexity index is 485. The standard InChI is InChI=1S/C17H26N4O/c18-16-3-1-2-15(12-16)17(22)21-10-8-20(9-11-21)13-14-4-6-19-7-5-14/h4-7,15-16H,1-3,8-13,18H2. The first-order valence-corrected chi connectivity index (χ1v) is 8.38. The van der Waals surface area contributed by atoms with E-state index < -0.39 is 0 Å². The van der Waals surface area contributed by atoms with E-state index in [-0.39, 0.29) is 12.0 Å². The van der Waals surface area contributed by atoms with E-state index in [0.717, 1.165) is 58.4 Å². The lowest BCUT2D eigenvalue weighted by molar-refractivity contribution is -0.138. The molecule has 2 heterocycles. The predicted octanol–water partition coefficient (Wildman–Crippen LogP) is 1.24. The summed E-state index contributed by atoms with van der Waals surface area (Å²) in [6, 6.07) is 4.33. The molecule has 0 bridgehead atoms. The van der Waals surface area contributed by atoms with Crippen molar-refractivity contribution in [3.63, 3.8) is 0 Å². The molecule has 1 aromatic heterocycles. The highest BCUT2D eigenvalue weighted by Gasteiger charge is 2.30. The molecule has 2 atom stereocenters. The van der Waals surface area contributed by atoms with E-state index in [9.17, 15) is 4.79 Å². The molecule has 1 saturated carbocycles. The van der Waals surface area contributed by atoms with E-state index in [1.54, 1.807) is 0 Å².